The Hall–Kier alpha value is -2.95. The topological polar surface area (TPSA) is 56.8 Å². The number of ether oxygens (including phenoxy) is 3. The zero-order valence-corrected chi connectivity index (χ0v) is 13.3. The molecule has 0 aromatic heterocycles. The van der Waals surface area contributed by atoms with Crippen molar-refractivity contribution in [1.29, 1.82) is 0 Å². The van der Waals surface area contributed by atoms with Crippen LogP contribution in [-0.4, -0.2) is 27.2 Å². The number of amides is 1. The molecule has 0 spiro atoms. The van der Waals surface area contributed by atoms with E-state index >= 15 is 0 Å². The molecule has 5 nitrogen and oxygen atoms in total. The first-order chi connectivity index (χ1) is 11.2. The quantitative estimate of drug-likeness (QED) is 0.831. The molecule has 23 heavy (non-hydrogen) atoms. The highest BCUT2D eigenvalue weighted by atomic mass is 16.5. The molecule has 2 aromatic carbocycles. The first-order valence-electron chi connectivity index (χ1n) is 7.02. The van der Waals surface area contributed by atoms with E-state index in [-0.39, 0.29) is 5.91 Å². The van der Waals surface area contributed by atoms with Crippen LogP contribution < -0.4 is 19.5 Å². The highest BCUT2D eigenvalue weighted by Gasteiger charge is 2.07. The molecule has 0 heterocycles. The van der Waals surface area contributed by atoms with Crippen LogP contribution in [0.25, 0.3) is 6.08 Å². The SMILES string of the molecule is COc1ccc(NC(=O)/C=C/c2c(OC)cccc2OC)cc1. The Balaban J connectivity index is 2.11. The van der Waals surface area contributed by atoms with E-state index in [0.717, 1.165) is 5.75 Å². The largest absolute Gasteiger partial charge is 0.497 e. The minimum Gasteiger partial charge on any atom is -0.497 e. The maximum Gasteiger partial charge on any atom is 0.248 e. The van der Waals surface area contributed by atoms with E-state index in [1.165, 1.54) is 6.08 Å². The van der Waals surface area contributed by atoms with E-state index in [1.807, 2.05) is 18.2 Å². The van der Waals surface area contributed by atoms with Crippen LogP contribution >= 0.6 is 0 Å². The fraction of sp³-hybridized carbons (Fsp3) is 0.167. The summed E-state index contributed by atoms with van der Waals surface area (Å²) in [4.78, 5) is 12.0. The highest BCUT2D eigenvalue weighted by Crippen LogP contribution is 2.29. The van der Waals surface area contributed by atoms with E-state index in [4.69, 9.17) is 14.2 Å². The van der Waals surface area contributed by atoms with Crippen molar-refractivity contribution >= 4 is 17.7 Å². The summed E-state index contributed by atoms with van der Waals surface area (Å²) in [6.45, 7) is 0. The Bertz CT molecular complexity index is 670. The van der Waals surface area contributed by atoms with Crippen LogP contribution in [0.15, 0.2) is 48.5 Å². The number of hydrogen-bond donors (Lipinski definition) is 1. The number of methoxy groups -OCH3 is 3. The molecule has 5 heteroatoms. The number of nitrogens with one attached hydrogen (secondary N) is 1. The van der Waals surface area contributed by atoms with Crippen LogP contribution in [0.2, 0.25) is 0 Å². The van der Waals surface area contributed by atoms with Crippen molar-refractivity contribution in [3.05, 3.63) is 54.1 Å². The number of anilines is 1. The Labute approximate surface area is 135 Å². The summed E-state index contributed by atoms with van der Waals surface area (Å²) in [6.07, 6.45) is 3.10. The van der Waals surface area contributed by atoms with Crippen LogP contribution in [0.3, 0.4) is 0 Å². The molecule has 2 rings (SSSR count). The average Bonchev–Trinajstić information content (AvgIpc) is 2.60. The third-order valence-electron chi connectivity index (χ3n) is 3.22. The Kier molecular flexibility index (Phi) is 5.63. The molecular formula is C18H19NO4. The summed E-state index contributed by atoms with van der Waals surface area (Å²) in [5, 5.41) is 2.78. The summed E-state index contributed by atoms with van der Waals surface area (Å²) in [5.74, 6) is 1.76. The fourth-order valence-corrected chi connectivity index (χ4v) is 2.06. The molecule has 0 aliphatic rings. The maximum absolute atomic E-state index is 12.0. The van der Waals surface area contributed by atoms with Crippen molar-refractivity contribution in [1.82, 2.24) is 0 Å². The van der Waals surface area contributed by atoms with Gasteiger partial charge in [-0.2, -0.15) is 0 Å². The number of hydrogen-bond acceptors (Lipinski definition) is 4. The number of carbonyl (C=O) groups excluding carboxylic acids is 1. The Morgan fingerprint density at radius 3 is 2.04 bits per heavy atom. The van der Waals surface area contributed by atoms with Gasteiger partial charge in [-0.1, -0.05) is 6.07 Å². The normalized spacial score (nSPS) is 10.4. The van der Waals surface area contributed by atoms with Crippen LogP contribution in [-0.2, 0) is 4.79 Å². The molecule has 1 N–H and O–H groups in total. The third-order valence-corrected chi connectivity index (χ3v) is 3.22. The number of benzene rings is 2. The van der Waals surface area contributed by atoms with Gasteiger partial charge in [0.05, 0.1) is 26.9 Å². The molecule has 0 saturated heterocycles. The standard InChI is InChI=1S/C18H19NO4/c1-21-14-9-7-13(8-10-14)19-18(20)12-11-15-16(22-2)5-4-6-17(15)23-3/h4-12H,1-3H3,(H,19,20)/b12-11+. The molecule has 0 unspecified atom stereocenters. The maximum atomic E-state index is 12.0. The second-order valence-corrected chi connectivity index (χ2v) is 4.63. The molecule has 0 fully saturated rings. The third kappa shape index (κ3) is 4.26. The lowest BCUT2D eigenvalue weighted by atomic mass is 10.1. The Morgan fingerprint density at radius 1 is 0.913 bits per heavy atom. The molecule has 0 aliphatic heterocycles. The van der Waals surface area contributed by atoms with E-state index in [9.17, 15) is 4.79 Å². The van der Waals surface area contributed by atoms with Crippen molar-refractivity contribution < 1.29 is 19.0 Å². The molecule has 0 atom stereocenters. The van der Waals surface area contributed by atoms with Crippen LogP contribution in [0, 0.1) is 0 Å². The summed E-state index contributed by atoms with van der Waals surface area (Å²) in [5.41, 5.74) is 1.40. The van der Waals surface area contributed by atoms with Crippen molar-refractivity contribution in [3.63, 3.8) is 0 Å². The predicted octanol–water partition coefficient (Wildman–Crippen LogP) is 3.36. The predicted molar refractivity (Wildman–Crippen MR) is 90.2 cm³/mol. The van der Waals surface area contributed by atoms with Gasteiger partial charge in [0, 0.05) is 11.8 Å². The summed E-state index contributed by atoms with van der Waals surface area (Å²) < 4.78 is 15.7. The van der Waals surface area contributed by atoms with Gasteiger partial charge in [0.2, 0.25) is 5.91 Å². The van der Waals surface area contributed by atoms with Crippen LogP contribution in [0.5, 0.6) is 17.2 Å². The molecule has 2 aromatic rings. The van der Waals surface area contributed by atoms with Gasteiger partial charge >= 0.3 is 0 Å². The van der Waals surface area contributed by atoms with Gasteiger partial charge in [0.25, 0.3) is 0 Å². The lowest BCUT2D eigenvalue weighted by Gasteiger charge is -2.09. The second-order valence-electron chi connectivity index (χ2n) is 4.63. The van der Waals surface area contributed by atoms with E-state index < -0.39 is 0 Å². The molecule has 0 aliphatic carbocycles. The monoisotopic (exact) mass is 313 g/mol. The van der Waals surface area contributed by atoms with Gasteiger partial charge < -0.3 is 19.5 Å². The highest BCUT2D eigenvalue weighted by molar-refractivity contribution is 6.02. The number of rotatable bonds is 6. The molecule has 1 amide bonds. The molecule has 0 saturated carbocycles. The van der Waals surface area contributed by atoms with Crippen molar-refractivity contribution in [2.24, 2.45) is 0 Å². The van der Waals surface area contributed by atoms with Gasteiger partial charge in [0.15, 0.2) is 0 Å². The van der Waals surface area contributed by atoms with E-state index in [2.05, 4.69) is 5.32 Å². The first-order valence-corrected chi connectivity index (χ1v) is 7.02. The molecule has 0 radical (unpaired) electrons. The minimum absolute atomic E-state index is 0.247. The second kappa shape index (κ2) is 7.89. The number of carbonyl (C=O) groups is 1. The van der Waals surface area contributed by atoms with Crippen molar-refractivity contribution in [3.8, 4) is 17.2 Å². The van der Waals surface area contributed by atoms with Gasteiger partial charge in [-0.3, -0.25) is 4.79 Å². The average molecular weight is 313 g/mol. The minimum atomic E-state index is -0.247. The first kappa shape index (κ1) is 16.4. The molecule has 120 valence electrons. The van der Waals surface area contributed by atoms with Gasteiger partial charge in [-0.05, 0) is 42.5 Å². The fourth-order valence-electron chi connectivity index (χ4n) is 2.06. The summed E-state index contributed by atoms with van der Waals surface area (Å²) in [6, 6.07) is 12.5. The van der Waals surface area contributed by atoms with Crippen molar-refractivity contribution in [2.75, 3.05) is 26.6 Å². The lowest BCUT2D eigenvalue weighted by Crippen LogP contribution is -2.07. The van der Waals surface area contributed by atoms with Crippen LogP contribution in [0.4, 0.5) is 5.69 Å². The zero-order valence-electron chi connectivity index (χ0n) is 13.3. The zero-order chi connectivity index (χ0) is 16.7. The molecular weight excluding hydrogens is 294 g/mol. The van der Waals surface area contributed by atoms with Crippen molar-refractivity contribution in [2.45, 2.75) is 0 Å². The Morgan fingerprint density at radius 2 is 1.52 bits per heavy atom. The summed E-state index contributed by atoms with van der Waals surface area (Å²) in [7, 11) is 4.74. The molecule has 0 bridgehead atoms. The van der Waals surface area contributed by atoms with Gasteiger partial charge in [-0.15, -0.1) is 0 Å². The van der Waals surface area contributed by atoms with E-state index in [1.54, 1.807) is 51.7 Å². The van der Waals surface area contributed by atoms with E-state index in [0.29, 0.717) is 22.7 Å². The summed E-state index contributed by atoms with van der Waals surface area (Å²) >= 11 is 0. The van der Waals surface area contributed by atoms with Gasteiger partial charge in [0.1, 0.15) is 17.2 Å². The lowest BCUT2D eigenvalue weighted by molar-refractivity contribution is -0.111. The van der Waals surface area contributed by atoms with Gasteiger partial charge in [-0.25, -0.2) is 0 Å². The van der Waals surface area contributed by atoms with Crippen LogP contribution in [0.1, 0.15) is 5.56 Å². The smallest absolute Gasteiger partial charge is 0.248 e.